The van der Waals surface area contributed by atoms with Crippen LogP contribution in [0.1, 0.15) is 12.0 Å². The molecule has 1 aromatic rings. The number of nitrogens with one attached hydrogen (secondary N) is 2. The number of hydrogen-bond donors (Lipinski definition) is 2. The van der Waals surface area contributed by atoms with Crippen LogP contribution < -0.4 is 10.6 Å². The van der Waals surface area contributed by atoms with Gasteiger partial charge in [-0.05, 0) is 47.4 Å². The van der Waals surface area contributed by atoms with Gasteiger partial charge in [0.2, 0.25) is 5.91 Å². The van der Waals surface area contributed by atoms with Gasteiger partial charge >= 0.3 is 0 Å². The highest BCUT2D eigenvalue weighted by atomic mass is 79.9. The number of aromatic nitrogens is 1. The van der Waals surface area contributed by atoms with Crippen molar-refractivity contribution >= 4 is 27.7 Å². The Morgan fingerprint density at radius 3 is 3.20 bits per heavy atom. The third-order valence-corrected chi connectivity index (χ3v) is 2.98. The molecule has 2 rings (SSSR count). The minimum atomic E-state index is -0.127. The average Bonchev–Trinajstić information content (AvgIpc) is 2.36. The molecule has 2 N–H and O–H groups in total. The summed E-state index contributed by atoms with van der Waals surface area (Å²) >= 11 is 3.37. The van der Waals surface area contributed by atoms with Crippen LogP contribution >= 0.6 is 15.9 Å². The van der Waals surface area contributed by atoms with Crippen molar-refractivity contribution in [1.82, 2.24) is 10.3 Å². The zero-order valence-electron chi connectivity index (χ0n) is 8.38. The number of fused-ring (bicyclic) bond motifs is 1. The molecule has 1 amide bonds. The Balaban J connectivity index is 2.31. The SMILES string of the molecule is CNC1CCc2cc(Br)cnc2NC1=O. The first-order valence-electron chi connectivity index (χ1n) is 4.83. The van der Waals surface area contributed by atoms with Gasteiger partial charge in [-0.25, -0.2) is 4.98 Å². The molecule has 0 bridgehead atoms. The van der Waals surface area contributed by atoms with Gasteiger partial charge < -0.3 is 10.6 Å². The Morgan fingerprint density at radius 1 is 1.67 bits per heavy atom. The summed E-state index contributed by atoms with van der Waals surface area (Å²) in [6.07, 6.45) is 3.35. The molecule has 1 aliphatic rings. The number of halogens is 1. The lowest BCUT2D eigenvalue weighted by atomic mass is 10.1. The van der Waals surface area contributed by atoms with E-state index in [2.05, 4.69) is 31.5 Å². The first-order valence-corrected chi connectivity index (χ1v) is 5.62. The normalized spacial score (nSPS) is 20.4. The van der Waals surface area contributed by atoms with E-state index in [1.165, 1.54) is 0 Å². The first kappa shape index (κ1) is 10.6. The topological polar surface area (TPSA) is 54.0 Å². The van der Waals surface area contributed by atoms with Gasteiger partial charge in [-0.1, -0.05) is 0 Å². The second kappa shape index (κ2) is 4.28. The van der Waals surface area contributed by atoms with Gasteiger partial charge in [0.15, 0.2) is 0 Å². The smallest absolute Gasteiger partial charge is 0.242 e. The molecule has 80 valence electrons. The molecule has 4 nitrogen and oxygen atoms in total. The predicted octanol–water partition coefficient (Wildman–Crippen LogP) is 1.32. The fourth-order valence-corrected chi connectivity index (χ4v) is 2.07. The number of likely N-dealkylation sites (N-methyl/N-ethyl adjacent to an activating group) is 1. The monoisotopic (exact) mass is 269 g/mol. The van der Waals surface area contributed by atoms with E-state index in [0.717, 1.165) is 22.9 Å². The van der Waals surface area contributed by atoms with Crippen molar-refractivity contribution in [3.63, 3.8) is 0 Å². The van der Waals surface area contributed by atoms with E-state index < -0.39 is 0 Å². The predicted molar refractivity (Wildman–Crippen MR) is 61.7 cm³/mol. The number of nitrogens with zero attached hydrogens (tertiary/aromatic N) is 1. The highest BCUT2D eigenvalue weighted by Crippen LogP contribution is 2.22. The minimum Gasteiger partial charge on any atom is -0.309 e. The third-order valence-electron chi connectivity index (χ3n) is 2.54. The number of carbonyl (C=O) groups is 1. The Hall–Kier alpha value is -0.940. The van der Waals surface area contributed by atoms with Crippen LogP contribution in [0.5, 0.6) is 0 Å². The Kier molecular flexibility index (Phi) is 3.02. The van der Waals surface area contributed by atoms with E-state index >= 15 is 0 Å². The molecular formula is C10H12BrN3O. The Labute approximate surface area is 96.6 Å². The van der Waals surface area contributed by atoms with E-state index in [1.807, 2.05) is 6.07 Å². The molecule has 1 aliphatic heterocycles. The van der Waals surface area contributed by atoms with E-state index in [9.17, 15) is 4.79 Å². The van der Waals surface area contributed by atoms with E-state index in [1.54, 1.807) is 13.2 Å². The molecule has 1 aromatic heterocycles. The number of hydrogen-bond acceptors (Lipinski definition) is 3. The van der Waals surface area contributed by atoms with Gasteiger partial charge in [0.25, 0.3) is 0 Å². The fourth-order valence-electron chi connectivity index (χ4n) is 1.69. The lowest BCUT2D eigenvalue weighted by molar-refractivity contribution is -0.118. The molecule has 0 saturated carbocycles. The molecule has 0 aliphatic carbocycles. The number of aryl methyl sites for hydroxylation is 1. The van der Waals surface area contributed by atoms with Crippen molar-refractivity contribution in [3.8, 4) is 0 Å². The summed E-state index contributed by atoms with van der Waals surface area (Å²) in [4.78, 5) is 15.9. The van der Waals surface area contributed by atoms with Gasteiger partial charge in [-0.3, -0.25) is 4.79 Å². The van der Waals surface area contributed by atoms with Crippen molar-refractivity contribution in [3.05, 3.63) is 22.3 Å². The highest BCUT2D eigenvalue weighted by molar-refractivity contribution is 9.10. The van der Waals surface area contributed by atoms with Crippen molar-refractivity contribution in [2.24, 2.45) is 0 Å². The van der Waals surface area contributed by atoms with Crippen LogP contribution in [0.15, 0.2) is 16.7 Å². The van der Waals surface area contributed by atoms with E-state index in [-0.39, 0.29) is 11.9 Å². The van der Waals surface area contributed by atoms with Crippen molar-refractivity contribution in [2.45, 2.75) is 18.9 Å². The zero-order chi connectivity index (χ0) is 10.8. The van der Waals surface area contributed by atoms with Gasteiger partial charge in [0, 0.05) is 10.7 Å². The van der Waals surface area contributed by atoms with Gasteiger partial charge in [-0.2, -0.15) is 0 Å². The standard InChI is InChI=1S/C10H12BrN3O/c1-12-8-3-2-6-4-7(11)5-13-9(6)14-10(8)15/h4-5,8,12H,2-3H2,1H3,(H,13,14,15). The second-order valence-electron chi connectivity index (χ2n) is 3.53. The average molecular weight is 270 g/mol. The molecule has 5 heteroatoms. The number of anilines is 1. The minimum absolute atomic E-state index is 0.00827. The van der Waals surface area contributed by atoms with Gasteiger partial charge in [0.05, 0.1) is 6.04 Å². The quantitative estimate of drug-likeness (QED) is 0.809. The molecule has 0 fully saturated rings. The van der Waals surface area contributed by atoms with Crippen molar-refractivity contribution in [2.75, 3.05) is 12.4 Å². The van der Waals surface area contributed by atoms with E-state index in [4.69, 9.17) is 0 Å². The molecule has 0 saturated heterocycles. The molecular weight excluding hydrogens is 258 g/mol. The Bertz CT molecular complexity index is 394. The number of pyridine rings is 1. The lowest BCUT2D eigenvalue weighted by Crippen LogP contribution is -2.37. The molecule has 2 heterocycles. The van der Waals surface area contributed by atoms with Crippen molar-refractivity contribution < 1.29 is 4.79 Å². The highest BCUT2D eigenvalue weighted by Gasteiger charge is 2.22. The summed E-state index contributed by atoms with van der Waals surface area (Å²) in [7, 11) is 1.80. The first-order chi connectivity index (χ1) is 7.20. The van der Waals surface area contributed by atoms with Crippen LogP contribution in [0, 0.1) is 0 Å². The third kappa shape index (κ3) is 2.18. The molecule has 0 spiro atoms. The van der Waals surface area contributed by atoms with Gasteiger partial charge in [0.1, 0.15) is 5.82 Å². The van der Waals surface area contributed by atoms with Gasteiger partial charge in [-0.15, -0.1) is 0 Å². The number of amides is 1. The number of carbonyl (C=O) groups excluding carboxylic acids is 1. The summed E-state index contributed by atoms with van der Waals surface area (Å²) in [6, 6.07) is 1.87. The van der Waals surface area contributed by atoms with E-state index in [0.29, 0.717) is 5.82 Å². The summed E-state index contributed by atoms with van der Waals surface area (Å²) in [5.41, 5.74) is 1.08. The molecule has 1 atom stereocenters. The van der Waals surface area contributed by atoms with Crippen LogP contribution in [-0.2, 0) is 11.2 Å². The Morgan fingerprint density at radius 2 is 2.47 bits per heavy atom. The van der Waals surface area contributed by atoms with Crippen LogP contribution in [0.2, 0.25) is 0 Å². The molecule has 0 aromatic carbocycles. The van der Waals surface area contributed by atoms with Crippen LogP contribution in [0.4, 0.5) is 5.82 Å². The maximum absolute atomic E-state index is 11.7. The fraction of sp³-hybridized carbons (Fsp3) is 0.400. The van der Waals surface area contributed by atoms with Crippen LogP contribution in [0.3, 0.4) is 0 Å². The summed E-state index contributed by atoms with van der Waals surface area (Å²) in [5.74, 6) is 0.673. The van der Waals surface area contributed by atoms with Crippen LogP contribution in [-0.4, -0.2) is 24.0 Å². The van der Waals surface area contributed by atoms with Crippen LogP contribution in [0.25, 0.3) is 0 Å². The molecule has 15 heavy (non-hydrogen) atoms. The van der Waals surface area contributed by atoms with Crippen molar-refractivity contribution in [1.29, 1.82) is 0 Å². The zero-order valence-corrected chi connectivity index (χ0v) is 9.97. The largest absolute Gasteiger partial charge is 0.309 e. The molecule has 0 radical (unpaired) electrons. The number of rotatable bonds is 1. The molecule has 1 unspecified atom stereocenters. The lowest BCUT2D eigenvalue weighted by Gasteiger charge is -2.10. The maximum atomic E-state index is 11.7. The maximum Gasteiger partial charge on any atom is 0.242 e. The second-order valence-corrected chi connectivity index (χ2v) is 4.45. The summed E-state index contributed by atoms with van der Waals surface area (Å²) in [5, 5.41) is 5.81. The summed E-state index contributed by atoms with van der Waals surface area (Å²) < 4.78 is 0.943. The summed E-state index contributed by atoms with van der Waals surface area (Å²) in [6.45, 7) is 0.